The summed E-state index contributed by atoms with van der Waals surface area (Å²) in [5, 5.41) is 0. The van der Waals surface area contributed by atoms with Gasteiger partial charge in [-0.3, -0.25) is 0 Å². The highest BCUT2D eigenvalue weighted by Gasteiger charge is 2.52. The lowest BCUT2D eigenvalue weighted by molar-refractivity contribution is -0.170. The Balaban J connectivity index is 1.81. The molecule has 1 aromatic carbocycles. The molecule has 2 aliphatic rings. The number of piperidine rings is 1. The van der Waals surface area contributed by atoms with Crippen LogP contribution in [0.25, 0.3) is 0 Å². The zero-order chi connectivity index (χ0) is 15.4. The number of fused-ring (bicyclic) bond motifs is 2. The first-order valence-corrected chi connectivity index (χ1v) is 8.72. The van der Waals surface area contributed by atoms with Gasteiger partial charge in [0.05, 0.1) is 6.61 Å². The molecule has 2 unspecified atom stereocenters. The molecule has 3 heteroatoms. The van der Waals surface area contributed by atoms with Crippen LogP contribution >= 0.6 is 0 Å². The fourth-order valence-corrected chi connectivity index (χ4v) is 4.67. The Morgan fingerprint density at radius 2 is 1.82 bits per heavy atom. The van der Waals surface area contributed by atoms with Crippen molar-refractivity contribution in [3.05, 3.63) is 35.9 Å². The molecule has 1 aromatic rings. The minimum absolute atomic E-state index is 0.0817. The monoisotopic (exact) mass is 303 g/mol. The van der Waals surface area contributed by atoms with Gasteiger partial charge in [0.25, 0.3) is 0 Å². The molecule has 0 spiro atoms. The highest BCUT2D eigenvalue weighted by Crippen LogP contribution is 2.51. The molecule has 0 aromatic heterocycles. The van der Waals surface area contributed by atoms with Gasteiger partial charge in [0.2, 0.25) is 0 Å². The maximum absolute atomic E-state index is 6.25. The summed E-state index contributed by atoms with van der Waals surface area (Å²) in [6, 6.07) is 10.9. The van der Waals surface area contributed by atoms with E-state index in [9.17, 15) is 0 Å². The summed E-state index contributed by atoms with van der Waals surface area (Å²) in [6.07, 6.45) is 3.88. The average molecular weight is 303 g/mol. The molecule has 0 amide bonds. The number of ether oxygens (including phenoxy) is 2. The molecule has 1 heterocycles. The van der Waals surface area contributed by atoms with Gasteiger partial charge in [0, 0.05) is 45.2 Å². The van der Waals surface area contributed by atoms with Crippen molar-refractivity contribution in [2.24, 2.45) is 11.8 Å². The van der Waals surface area contributed by atoms with E-state index in [2.05, 4.69) is 42.2 Å². The van der Waals surface area contributed by atoms with Crippen LogP contribution in [-0.2, 0) is 15.1 Å². The smallest absolute Gasteiger partial charge is 0.101 e. The van der Waals surface area contributed by atoms with Gasteiger partial charge in [-0.05, 0) is 25.3 Å². The fourth-order valence-electron chi connectivity index (χ4n) is 4.67. The first-order chi connectivity index (χ1) is 10.8. The summed E-state index contributed by atoms with van der Waals surface area (Å²) in [6.45, 7) is 7.04. The molecule has 22 heavy (non-hydrogen) atoms. The number of hydrogen-bond donors (Lipinski definition) is 0. The highest BCUT2D eigenvalue weighted by atomic mass is 16.5. The molecule has 2 bridgehead atoms. The topological polar surface area (TPSA) is 21.7 Å². The van der Waals surface area contributed by atoms with Crippen molar-refractivity contribution < 1.29 is 9.47 Å². The fraction of sp³-hybridized carbons (Fsp3) is 0.684. The molecule has 2 fully saturated rings. The Morgan fingerprint density at radius 1 is 1.14 bits per heavy atom. The normalized spacial score (nSPS) is 32.1. The number of nitrogens with zero attached hydrogens (tertiary/aromatic N) is 1. The van der Waals surface area contributed by atoms with E-state index in [1.807, 2.05) is 7.11 Å². The van der Waals surface area contributed by atoms with Gasteiger partial charge in [0.15, 0.2) is 0 Å². The van der Waals surface area contributed by atoms with Gasteiger partial charge in [-0.25, -0.2) is 0 Å². The van der Waals surface area contributed by atoms with Crippen LogP contribution in [0.15, 0.2) is 30.3 Å². The molecular formula is C19H29NO2. The lowest BCUT2D eigenvalue weighted by Gasteiger charge is -2.55. The number of likely N-dealkylation sites (tertiary alicyclic amines) is 1. The minimum Gasteiger partial charge on any atom is -0.380 e. The van der Waals surface area contributed by atoms with E-state index in [-0.39, 0.29) is 5.60 Å². The standard InChI is InChI=1S/C19H29NO2/c1-3-22-13-12-20-14-17-10-7-11-18(15-20)19(17,21-2)16-8-5-4-6-9-16/h4-6,8-9,17-18H,3,7,10-15H2,1-2H3. The van der Waals surface area contributed by atoms with Gasteiger partial charge in [-0.1, -0.05) is 36.8 Å². The van der Waals surface area contributed by atoms with Gasteiger partial charge >= 0.3 is 0 Å². The Bertz CT molecular complexity index is 448. The van der Waals surface area contributed by atoms with Crippen LogP contribution in [0.5, 0.6) is 0 Å². The molecule has 1 aliphatic carbocycles. The number of hydrogen-bond acceptors (Lipinski definition) is 3. The van der Waals surface area contributed by atoms with E-state index in [1.165, 1.54) is 24.8 Å². The van der Waals surface area contributed by atoms with E-state index in [0.29, 0.717) is 11.8 Å². The molecular weight excluding hydrogens is 274 g/mol. The van der Waals surface area contributed by atoms with Crippen LogP contribution in [0.1, 0.15) is 31.7 Å². The summed E-state index contributed by atoms with van der Waals surface area (Å²) < 4.78 is 11.8. The SMILES string of the molecule is CCOCCN1CC2CCCC(C1)C2(OC)c1ccccc1. The largest absolute Gasteiger partial charge is 0.380 e. The van der Waals surface area contributed by atoms with Gasteiger partial charge < -0.3 is 14.4 Å². The quantitative estimate of drug-likeness (QED) is 0.753. The van der Waals surface area contributed by atoms with Crippen molar-refractivity contribution in [3.63, 3.8) is 0 Å². The second kappa shape index (κ2) is 7.12. The van der Waals surface area contributed by atoms with Crippen molar-refractivity contribution in [3.8, 4) is 0 Å². The van der Waals surface area contributed by atoms with E-state index in [1.54, 1.807) is 0 Å². The van der Waals surface area contributed by atoms with Crippen LogP contribution < -0.4 is 0 Å². The van der Waals surface area contributed by atoms with Crippen LogP contribution in [-0.4, -0.2) is 44.9 Å². The van der Waals surface area contributed by atoms with Gasteiger partial charge in [0.1, 0.15) is 5.60 Å². The molecule has 1 aliphatic heterocycles. The summed E-state index contributed by atoms with van der Waals surface area (Å²) in [5.41, 5.74) is 1.29. The number of rotatable bonds is 6. The Hall–Kier alpha value is -0.900. The van der Waals surface area contributed by atoms with E-state index >= 15 is 0 Å². The molecule has 122 valence electrons. The lowest BCUT2D eigenvalue weighted by atomic mass is 9.62. The third-order valence-corrected chi connectivity index (χ3v) is 5.59. The van der Waals surface area contributed by atoms with Gasteiger partial charge in [-0.15, -0.1) is 0 Å². The number of benzene rings is 1. The lowest BCUT2D eigenvalue weighted by Crippen LogP contribution is -2.59. The molecule has 0 N–H and O–H groups in total. The van der Waals surface area contributed by atoms with Crippen molar-refractivity contribution in [1.82, 2.24) is 4.90 Å². The second-order valence-electron chi connectivity index (χ2n) is 6.64. The maximum Gasteiger partial charge on any atom is 0.101 e. The Kier molecular flexibility index (Phi) is 5.17. The molecule has 2 atom stereocenters. The van der Waals surface area contributed by atoms with E-state index in [4.69, 9.17) is 9.47 Å². The molecule has 1 saturated carbocycles. The highest BCUT2D eigenvalue weighted by molar-refractivity contribution is 5.27. The predicted molar refractivity (Wildman–Crippen MR) is 88.9 cm³/mol. The zero-order valence-corrected chi connectivity index (χ0v) is 14.0. The first-order valence-electron chi connectivity index (χ1n) is 8.72. The van der Waals surface area contributed by atoms with Crippen LogP contribution in [0.4, 0.5) is 0 Å². The van der Waals surface area contributed by atoms with Crippen LogP contribution in [0.2, 0.25) is 0 Å². The van der Waals surface area contributed by atoms with Crippen molar-refractivity contribution in [2.75, 3.05) is 40.0 Å². The average Bonchev–Trinajstić information content (AvgIpc) is 2.55. The van der Waals surface area contributed by atoms with E-state index < -0.39 is 0 Å². The Morgan fingerprint density at radius 3 is 2.41 bits per heavy atom. The predicted octanol–water partition coefficient (Wildman–Crippen LogP) is 3.30. The zero-order valence-electron chi connectivity index (χ0n) is 14.0. The van der Waals surface area contributed by atoms with Gasteiger partial charge in [-0.2, -0.15) is 0 Å². The minimum atomic E-state index is -0.0817. The van der Waals surface area contributed by atoms with Crippen molar-refractivity contribution in [2.45, 2.75) is 31.8 Å². The van der Waals surface area contributed by atoms with Crippen molar-refractivity contribution >= 4 is 0 Å². The third-order valence-electron chi connectivity index (χ3n) is 5.59. The molecule has 0 radical (unpaired) electrons. The van der Waals surface area contributed by atoms with E-state index in [0.717, 1.165) is 32.8 Å². The van der Waals surface area contributed by atoms with Crippen molar-refractivity contribution in [1.29, 1.82) is 0 Å². The third kappa shape index (κ3) is 2.82. The summed E-state index contributed by atoms with van der Waals surface area (Å²) in [5.74, 6) is 1.18. The summed E-state index contributed by atoms with van der Waals surface area (Å²) >= 11 is 0. The van der Waals surface area contributed by atoms with Crippen LogP contribution in [0.3, 0.4) is 0 Å². The molecule has 3 nitrogen and oxygen atoms in total. The first kappa shape index (κ1) is 16.0. The molecule has 1 saturated heterocycles. The summed E-state index contributed by atoms with van der Waals surface area (Å²) in [7, 11) is 1.91. The second-order valence-corrected chi connectivity index (χ2v) is 6.64. The van der Waals surface area contributed by atoms with Crippen LogP contribution in [0, 0.1) is 11.8 Å². The summed E-state index contributed by atoms with van der Waals surface area (Å²) in [4.78, 5) is 2.59. The molecule has 3 rings (SSSR count). The maximum atomic E-state index is 6.25. The number of methoxy groups -OCH3 is 1. The Labute approximate surface area is 134 Å².